The molecule has 3 rings (SSSR count). The Morgan fingerprint density at radius 2 is 2.00 bits per heavy atom. The minimum Gasteiger partial charge on any atom is -0.299 e. The zero-order valence-electron chi connectivity index (χ0n) is 14.4. The fourth-order valence-electron chi connectivity index (χ4n) is 3.59. The van der Waals surface area contributed by atoms with E-state index >= 15 is 0 Å². The van der Waals surface area contributed by atoms with Gasteiger partial charge in [0.05, 0.1) is 6.20 Å². The second-order valence-electron chi connectivity index (χ2n) is 6.86. The van der Waals surface area contributed by atoms with E-state index < -0.39 is 11.6 Å². The quantitative estimate of drug-likeness (QED) is 0.829. The van der Waals surface area contributed by atoms with Gasteiger partial charge in [-0.25, -0.2) is 8.78 Å². The molecule has 2 aromatic rings. The van der Waals surface area contributed by atoms with E-state index in [-0.39, 0.29) is 5.56 Å². The molecule has 1 fully saturated rings. The van der Waals surface area contributed by atoms with Gasteiger partial charge in [-0.15, -0.1) is 0 Å². The predicted molar refractivity (Wildman–Crippen MR) is 90.6 cm³/mol. The zero-order chi connectivity index (χ0) is 17.1. The van der Waals surface area contributed by atoms with Crippen LogP contribution < -0.4 is 0 Å². The van der Waals surface area contributed by atoms with E-state index in [0.29, 0.717) is 12.3 Å². The molecule has 1 aliphatic heterocycles. The Morgan fingerprint density at radius 3 is 2.67 bits per heavy atom. The number of piperidine rings is 1. The molecule has 1 aromatic heterocycles. The molecule has 1 aliphatic rings. The number of halogens is 2. The van der Waals surface area contributed by atoms with E-state index in [4.69, 9.17) is 0 Å². The van der Waals surface area contributed by atoms with E-state index in [2.05, 4.69) is 16.9 Å². The molecule has 0 saturated carbocycles. The van der Waals surface area contributed by atoms with Crippen molar-refractivity contribution in [3.63, 3.8) is 0 Å². The molecule has 1 aromatic carbocycles. The minimum atomic E-state index is -0.423. The number of rotatable bonds is 5. The van der Waals surface area contributed by atoms with Gasteiger partial charge in [0, 0.05) is 37.0 Å². The largest absolute Gasteiger partial charge is 0.299 e. The number of aromatic nitrogens is 2. The highest BCUT2D eigenvalue weighted by Crippen LogP contribution is 2.25. The first-order valence-electron chi connectivity index (χ1n) is 8.67. The number of hydrogen-bond acceptors (Lipinski definition) is 2. The Hall–Kier alpha value is -1.75. The molecule has 3 nitrogen and oxygen atoms in total. The summed E-state index contributed by atoms with van der Waals surface area (Å²) in [4.78, 5) is 2.44. The highest BCUT2D eigenvalue weighted by molar-refractivity contribution is 5.20. The van der Waals surface area contributed by atoms with Gasteiger partial charge in [-0.2, -0.15) is 5.10 Å². The van der Waals surface area contributed by atoms with Crippen molar-refractivity contribution >= 4 is 0 Å². The molecule has 2 heterocycles. The van der Waals surface area contributed by atoms with Gasteiger partial charge in [-0.1, -0.05) is 6.07 Å². The summed E-state index contributed by atoms with van der Waals surface area (Å²) < 4.78 is 29.4. The fraction of sp³-hybridized carbons (Fsp3) is 0.526. The maximum Gasteiger partial charge on any atom is 0.129 e. The molecule has 0 radical (unpaired) electrons. The number of aryl methyl sites for hydroxylation is 1. The van der Waals surface area contributed by atoms with E-state index in [1.807, 2.05) is 17.9 Å². The van der Waals surface area contributed by atoms with Gasteiger partial charge < -0.3 is 0 Å². The lowest BCUT2D eigenvalue weighted by Crippen LogP contribution is -2.35. The first-order valence-corrected chi connectivity index (χ1v) is 8.67. The van der Waals surface area contributed by atoms with Crippen molar-refractivity contribution < 1.29 is 8.78 Å². The molecule has 130 valence electrons. The van der Waals surface area contributed by atoms with Crippen LogP contribution in [0.2, 0.25) is 0 Å². The molecule has 24 heavy (non-hydrogen) atoms. The summed E-state index contributed by atoms with van der Waals surface area (Å²) in [6.07, 6.45) is 5.53. The van der Waals surface area contributed by atoms with Crippen LogP contribution in [0.25, 0.3) is 0 Å². The van der Waals surface area contributed by atoms with Gasteiger partial charge in [0.1, 0.15) is 11.6 Å². The number of nitrogens with zero attached hydrogens (tertiary/aromatic N) is 3. The van der Waals surface area contributed by atoms with Crippen LogP contribution in [0.4, 0.5) is 8.78 Å². The lowest BCUT2D eigenvalue weighted by molar-refractivity contribution is 0.161. The highest BCUT2D eigenvalue weighted by atomic mass is 19.1. The molecule has 1 saturated heterocycles. The Morgan fingerprint density at radius 1 is 1.25 bits per heavy atom. The molecule has 0 amide bonds. The van der Waals surface area contributed by atoms with Crippen LogP contribution in [0.3, 0.4) is 0 Å². The molecule has 0 aliphatic carbocycles. The van der Waals surface area contributed by atoms with E-state index in [9.17, 15) is 8.78 Å². The summed E-state index contributed by atoms with van der Waals surface area (Å²) in [7, 11) is 1.96. The fourth-order valence-corrected chi connectivity index (χ4v) is 3.59. The second kappa shape index (κ2) is 7.43. The lowest BCUT2D eigenvalue weighted by Gasteiger charge is -2.32. The summed E-state index contributed by atoms with van der Waals surface area (Å²) in [6.45, 7) is 5.07. The summed E-state index contributed by atoms with van der Waals surface area (Å²) >= 11 is 0. The Balaban J connectivity index is 1.57. The van der Waals surface area contributed by atoms with Gasteiger partial charge in [0.25, 0.3) is 0 Å². The molecule has 1 unspecified atom stereocenters. The Bertz CT molecular complexity index is 676. The number of benzene rings is 1. The Kier molecular flexibility index (Phi) is 5.29. The van der Waals surface area contributed by atoms with Gasteiger partial charge >= 0.3 is 0 Å². The average Bonchev–Trinajstić information content (AvgIpc) is 2.87. The van der Waals surface area contributed by atoms with Crippen LogP contribution in [0, 0.1) is 24.5 Å². The first-order chi connectivity index (χ1) is 11.5. The third-order valence-electron chi connectivity index (χ3n) is 5.20. The second-order valence-corrected chi connectivity index (χ2v) is 6.86. The van der Waals surface area contributed by atoms with E-state index in [0.717, 1.165) is 38.9 Å². The summed E-state index contributed by atoms with van der Waals surface area (Å²) in [6, 6.07) is 4.11. The van der Waals surface area contributed by atoms with Crippen molar-refractivity contribution in [1.82, 2.24) is 14.7 Å². The van der Waals surface area contributed by atoms with Crippen LogP contribution in [0.15, 0.2) is 24.4 Å². The highest BCUT2D eigenvalue weighted by Gasteiger charge is 2.22. The summed E-state index contributed by atoms with van der Waals surface area (Å²) in [5, 5.41) is 4.30. The van der Waals surface area contributed by atoms with E-state index in [1.54, 1.807) is 0 Å². The SMILES string of the molecule is Cc1c(CN2CCCC(CCc3c(F)cccc3F)C2)cnn1C. The maximum atomic E-state index is 13.8. The van der Waals surface area contributed by atoms with Crippen LogP contribution in [-0.2, 0) is 20.0 Å². The normalized spacial score (nSPS) is 18.9. The topological polar surface area (TPSA) is 21.1 Å². The standard InChI is InChI=1S/C19H25F2N3/c1-14-16(11-22-23(14)2)13-24-10-4-5-15(12-24)8-9-17-18(20)6-3-7-19(17)21/h3,6-7,11,15H,4-5,8-10,12-13H2,1-2H3. The molecular weight excluding hydrogens is 308 g/mol. The molecule has 0 bridgehead atoms. The van der Waals surface area contributed by atoms with Crippen LogP contribution in [0.5, 0.6) is 0 Å². The van der Waals surface area contributed by atoms with Gasteiger partial charge in [0.15, 0.2) is 0 Å². The van der Waals surface area contributed by atoms with Crippen LogP contribution in [-0.4, -0.2) is 27.8 Å². The van der Waals surface area contributed by atoms with Crippen molar-refractivity contribution in [3.8, 4) is 0 Å². The Labute approximate surface area is 142 Å². The predicted octanol–water partition coefficient (Wildman–Crippen LogP) is 3.85. The third-order valence-corrected chi connectivity index (χ3v) is 5.20. The smallest absolute Gasteiger partial charge is 0.129 e. The van der Waals surface area contributed by atoms with Crippen molar-refractivity contribution in [2.24, 2.45) is 13.0 Å². The van der Waals surface area contributed by atoms with Crippen molar-refractivity contribution in [3.05, 3.63) is 52.9 Å². The van der Waals surface area contributed by atoms with E-state index in [1.165, 1.54) is 29.5 Å². The number of hydrogen-bond donors (Lipinski definition) is 0. The van der Waals surface area contributed by atoms with Gasteiger partial charge in [0.2, 0.25) is 0 Å². The molecule has 1 atom stereocenters. The van der Waals surface area contributed by atoms with Gasteiger partial charge in [-0.05, 0) is 57.2 Å². The van der Waals surface area contributed by atoms with Crippen molar-refractivity contribution in [2.45, 2.75) is 39.2 Å². The molecule has 5 heteroatoms. The van der Waals surface area contributed by atoms with Crippen molar-refractivity contribution in [2.75, 3.05) is 13.1 Å². The maximum absolute atomic E-state index is 13.8. The van der Waals surface area contributed by atoms with Crippen LogP contribution in [0.1, 0.15) is 36.1 Å². The molecule has 0 spiro atoms. The zero-order valence-corrected chi connectivity index (χ0v) is 14.4. The van der Waals surface area contributed by atoms with Gasteiger partial charge in [-0.3, -0.25) is 9.58 Å². The van der Waals surface area contributed by atoms with Crippen molar-refractivity contribution in [1.29, 1.82) is 0 Å². The third kappa shape index (κ3) is 3.83. The minimum absolute atomic E-state index is 0.234. The summed E-state index contributed by atoms with van der Waals surface area (Å²) in [5.41, 5.74) is 2.70. The lowest BCUT2D eigenvalue weighted by atomic mass is 9.91. The number of likely N-dealkylation sites (tertiary alicyclic amines) is 1. The summed E-state index contributed by atoms with van der Waals surface area (Å²) in [5.74, 6) is -0.350. The first kappa shape index (κ1) is 17.1. The molecule has 0 N–H and O–H groups in total. The van der Waals surface area contributed by atoms with Crippen LogP contribution >= 0.6 is 0 Å². The average molecular weight is 333 g/mol. The molecular formula is C19H25F2N3. The monoisotopic (exact) mass is 333 g/mol.